The summed E-state index contributed by atoms with van der Waals surface area (Å²) in [4.78, 5) is 6.81. The van der Waals surface area contributed by atoms with Crippen LogP contribution < -0.4 is 10.2 Å². The van der Waals surface area contributed by atoms with E-state index in [-0.39, 0.29) is 6.61 Å². The zero-order valence-electron chi connectivity index (χ0n) is 10.4. The summed E-state index contributed by atoms with van der Waals surface area (Å²) in [5.74, 6) is 1.88. The normalized spacial score (nSPS) is 15.4. The molecule has 4 heteroatoms. The maximum Gasteiger partial charge on any atom is 0.131 e. The smallest absolute Gasteiger partial charge is 0.131 e. The molecule has 1 saturated carbocycles. The van der Waals surface area contributed by atoms with Crippen LogP contribution in [0.15, 0.2) is 18.2 Å². The van der Waals surface area contributed by atoms with Gasteiger partial charge in [-0.05, 0) is 38.3 Å². The number of nitrogens with zero attached hydrogens (tertiary/aromatic N) is 2. The van der Waals surface area contributed by atoms with Gasteiger partial charge in [-0.2, -0.15) is 0 Å². The van der Waals surface area contributed by atoms with Gasteiger partial charge >= 0.3 is 0 Å². The zero-order valence-corrected chi connectivity index (χ0v) is 10.4. The molecule has 1 aromatic rings. The first-order valence-electron chi connectivity index (χ1n) is 6.43. The van der Waals surface area contributed by atoms with Crippen LogP contribution in [-0.4, -0.2) is 35.8 Å². The molecule has 0 aliphatic heterocycles. The van der Waals surface area contributed by atoms with Crippen molar-refractivity contribution in [3.8, 4) is 0 Å². The minimum absolute atomic E-state index is 0.184. The van der Waals surface area contributed by atoms with Crippen molar-refractivity contribution in [3.63, 3.8) is 0 Å². The molecule has 0 saturated heterocycles. The third-order valence-corrected chi connectivity index (χ3v) is 3.24. The van der Waals surface area contributed by atoms with E-state index in [9.17, 15) is 0 Å². The van der Waals surface area contributed by atoms with E-state index in [1.54, 1.807) is 0 Å². The Labute approximate surface area is 103 Å². The molecule has 1 aliphatic carbocycles. The molecule has 17 heavy (non-hydrogen) atoms. The molecule has 0 bridgehead atoms. The summed E-state index contributed by atoms with van der Waals surface area (Å²) < 4.78 is 0. The lowest BCUT2D eigenvalue weighted by Crippen LogP contribution is -2.42. The summed E-state index contributed by atoms with van der Waals surface area (Å²) in [6, 6.07) is 6.58. The minimum Gasteiger partial charge on any atom is -0.395 e. The fourth-order valence-electron chi connectivity index (χ4n) is 2.15. The predicted octanol–water partition coefficient (Wildman–Crippen LogP) is 1.86. The molecule has 1 aliphatic rings. The second-order valence-corrected chi connectivity index (χ2v) is 4.41. The molecular formula is C13H21N3O. The molecule has 0 radical (unpaired) electrons. The van der Waals surface area contributed by atoms with Crippen LogP contribution in [0.5, 0.6) is 0 Å². The van der Waals surface area contributed by atoms with Crippen LogP contribution in [-0.2, 0) is 0 Å². The lowest BCUT2D eigenvalue weighted by molar-refractivity contribution is 0.283. The van der Waals surface area contributed by atoms with Gasteiger partial charge < -0.3 is 15.3 Å². The first-order valence-corrected chi connectivity index (χ1v) is 6.43. The largest absolute Gasteiger partial charge is 0.395 e. The summed E-state index contributed by atoms with van der Waals surface area (Å²) in [6.45, 7) is 3.79. The molecule has 2 N–H and O–H groups in total. The molecule has 0 atom stereocenters. The van der Waals surface area contributed by atoms with Crippen LogP contribution in [0.4, 0.5) is 11.6 Å². The third-order valence-electron chi connectivity index (χ3n) is 3.24. The second kappa shape index (κ2) is 5.87. The highest BCUT2D eigenvalue weighted by Gasteiger charge is 2.25. The van der Waals surface area contributed by atoms with Gasteiger partial charge in [-0.1, -0.05) is 6.07 Å². The summed E-state index contributed by atoms with van der Waals surface area (Å²) >= 11 is 0. The first kappa shape index (κ1) is 12.2. The average molecular weight is 235 g/mol. The predicted molar refractivity (Wildman–Crippen MR) is 70.5 cm³/mol. The van der Waals surface area contributed by atoms with Crippen molar-refractivity contribution in [3.05, 3.63) is 18.2 Å². The van der Waals surface area contributed by atoms with Crippen molar-refractivity contribution in [2.75, 3.05) is 29.9 Å². The van der Waals surface area contributed by atoms with Crippen molar-refractivity contribution < 1.29 is 5.11 Å². The monoisotopic (exact) mass is 235 g/mol. The molecule has 1 fully saturated rings. The number of rotatable bonds is 6. The van der Waals surface area contributed by atoms with Gasteiger partial charge in [-0.15, -0.1) is 0 Å². The maximum atomic E-state index is 9.15. The van der Waals surface area contributed by atoms with E-state index in [0.29, 0.717) is 12.6 Å². The molecule has 0 aromatic carbocycles. The number of pyridine rings is 1. The number of aliphatic hydroxyl groups excluding tert-OH is 1. The average Bonchev–Trinajstić information content (AvgIpc) is 2.27. The number of hydrogen-bond donors (Lipinski definition) is 2. The Morgan fingerprint density at radius 1 is 1.47 bits per heavy atom. The van der Waals surface area contributed by atoms with Gasteiger partial charge in [0.05, 0.1) is 6.61 Å². The number of nitrogens with one attached hydrogen (secondary N) is 1. The highest BCUT2D eigenvalue weighted by molar-refractivity contribution is 5.48. The molecule has 1 heterocycles. The van der Waals surface area contributed by atoms with Crippen molar-refractivity contribution in [1.82, 2.24) is 4.98 Å². The van der Waals surface area contributed by atoms with E-state index >= 15 is 0 Å². The Balaban J connectivity index is 2.13. The Morgan fingerprint density at radius 3 is 2.88 bits per heavy atom. The van der Waals surface area contributed by atoms with Crippen LogP contribution >= 0.6 is 0 Å². The van der Waals surface area contributed by atoms with Crippen LogP contribution in [0.3, 0.4) is 0 Å². The SMILES string of the molecule is CCNc1cccc(N(CCO)C2CCC2)n1. The van der Waals surface area contributed by atoms with Crippen molar-refractivity contribution >= 4 is 11.6 Å². The third kappa shape index (κ3) is 2.88. The quantitative estimate of drug-likeness (QED) is 0.790. The molecule has 0 spiro atoms. The molecule has 2 rings (SSSR count). The van der Waals surface area contributed by atoms with Crippen LogP contribution in [0.1, 0.15) is 26.2 Å². The highest BCUT2D eigenvalue weighted by atomic mass is 16.3. The Bertz CT molecular complexity index is 352. The Morgan fingerprint density at radius 2 is 2.29 bits per heavy atom. The standard InChI is InChI=1S/C13H21N3O/c1-2-14-12-7-4-8-13(15-12)16(9-10-17)11-5-3-6-11/h4,7-8,11,17H,2-3,5-6,9-10H2,1H3,(H,14,15). The molecule has 94 valence electrons. The van der Waals surface area contributed by atoms with Crippen molar-refractivity contribution in [1.29, 1.82) is 0 Å². The Kier molecular flexibility index (Phi) is 4.20. The fourth-order valence-corrected chi connectivity index (χ4v) is 2.15. The van der Waals surface area contributed by atoms with E-state index in [4.69, 9.17) is 5.11 Å². The highest BCUT2D eigenvalue weighted by Crippen LogP contribution is 2.28. The lowest BCUT2D eigenvalue weighted by atomic mass is 9.91. The molecule has 0 unspecified atom stereocenters. The van der Waals surface area contributed by atoms with E-state index in [1.807, 2.05) is 18.2 Å². The zero-order chi connectivity index (χ0) is 12.1. The number of anilines is 2. The first-order chi connectivity index (χ1) is 8.35. The van der Waals surface area contributed by atoms with Gasteiger partial charge in [-0.25, -0.2) is 4.98 Å². The van der Waals surface area contributed by atoms with E-state index in [2.05, 4.69) is 22.1 Å². The van der Waals surface area contributed by atoms with Gasteiger partial charge in [0.25, 0.3) is 0 Å². The summed E-state index contributed by atoms with van der Waals surface area (Å²) in [5.41, 5.74) is 0. The molecule has 1 aromatic heterocycles. The number of hydrogen-bond acceptors (Lipinski definition) is 4. The van der Waals surface area contributed by atoms with Crippen molar-refractivity contribution in [2.45, 2.75) is 32.2 Å². The summed E-state index contributed by atoms with van der Waals surface area (Å²) in [7, 11) is 0. The second-order valence-electron chi connectivity index (χ2n) is 4.41. The summed E-state index contributed by atoms with van der Waals surface area (Å²) in [5, 5.41) is 12.4. The number of aromatic nitrogens is 1. The van der Waals surface area contributed by atoms with E-state index < -0.39 is 0 Å². The summed E-state index contributed by atoms with van der Waals surface area (Å²) in [6.07, 6.45) is 3.72. The molecular weight excluding hydrogens is 214 g/mol. The van der Waals surface area contributed by atoms with Gasteiger partial charge in [0.2, 0.25) is 0 Å². The van der Waals surface area contributed by atoms with Crippen LogP contribution in [0.25, 0.3) is 0 Å². The van der Waals surface area contributed by atoms with E-state index in [1.165, 1.54) is 19.3 Å². The van der Waals surface area contributed by atoms with Gasteiger partial charge in [0, 0.05) is 19.1 Å². The number of aliphatic hydroxyl groups is 1. The Hall–Kier alpha value is -1.29. The maximum absolute atomic E-state index is 9.15. The van der Waals surface area contributed by atoms with Crippen LogP contribution in [0, 0.1) is 0 Å². The van der Waals surface area contributed by atoms with Crippen molar-refractivity contribution in [2.24, 2.45) is 0 Å². The minimum atomic E-state index is 0.184. The topological polar surface area (TPSA) is 48.4 Å². The fraction of sp³-hybridized carbons (Fsp3) is 0.615. The van der Waals surface area contributed by atoms with Gasteiger partial charge in [-0.3, -0.25) is 0 Å². The molecule has 0 amide bonds. The van der Waals surface area contributed by atoms with Gasteiger partial charge in [0.1, 0.15) is 11.6 Å². The van der Waals surface area contributed by atoms with Gasteiger partial charge in [0.15, 0.2) is 0 Å². The lowest BCUT2D eigenvalue weighted by Gasteiger charge is -2.38. The molecule has 4 nitrogen and oxygen atoms in total. The van der Waals surface area contributed by atoms with Crippen LogP contribution in [0.2, 0.25) is 0 Å². The van der Waals surface area contributed by atoms with E-state index in [0.717, 1.165) is 18.2 Å².